The summed E-state index contributed by atoms with van der Waals surface area (Å²) in [7, 11) is -0.447. The van der Waals surface area contributed by atoms with Gasteiger partial charge in [-0.05, 0) is 45.4 Å². The zero-order valence-corrected chi connectivity index (χ0v) is 18.3. The fourth-order valence-corrected chi connectivity index (χ4v) is 5.06. The molecule has 0 rings (SSSR count). The van der Waals surface area contributed by atoms with Crippen LogP contribution in [0.3, 0.4) is 0 Å². The van der Waals surface area contributed by atoms with Crippen molar-refractivity contribution in [2.45, 2.75) is 105 Å². The van der Waals surface area contributed by atoms with Gasteiger partial charge in [0.05, 0.1) is 19.6 Å². The second-order valence-corrected chi connectivity index (χ2v) is 9.32. The largest absolute Gasteiger partial charge is 0.406 e. The average molecular weight is 345 g/mol. The lowest BCUT2D eigenvalue weighted by Crippen LogP contribution is -2.54. The molecule has 0 aromatic carbocycles. The van der Waals surface area contributed by atoms with Crippen molar-refractivity contribution in [1.29, 1.82) is 0 Å². The summed E-state index contributed by atoms with van der Waals surface area (Å²) in [5.74, 6) is 0. The molecule has 0 fully saturated rings. The molecule has 0 saturated carbocycles. The first-order valence-electron chi connectivity index (χ1n) is 10.7. The highest BCUT2D eigenvalue weighted by Gasteiger charge is 2.26. The van der Waals surface area contributed by atoms with Crippen LogP contribution in [0.25, 0.3) is 0 Å². The topological polar surface area (TPSA) is 9.23 Å². The molecule has 0 amide bonds. The Bertz CT molecular complexity index is 204. The standard InChI is InChI=1S/C20H46NOSi/c1-5-9-12-15-18-21(23-22-8-4,19-16-13-10-6-2)20-17-14-11-7-3/h5-20,23H2,1-4H3/q+1. The van der Waals surface area contributed by atoms with E-state index in [4.69, 9.17) is 4.43 Å². The van der Waals surface area contributed by atoms with Crippen LogP contribution in [0.1, 0.15) is 105 Å². The maximum Gasteiger partial charge on any atom is 0.406 e. The summed E-state index contributed by atoms with van der Waals surface area (Å²) in [4.78, 5) is 0. The van der Waals surface area contributed by atoms with Crippen LogP contribution in [0.2, 0.25) is 0 Å². The lowest BCUT2D eigenvalue weighted by Gasteiger charge is -2.40. The summed E-state index contributed by atoms with van der Waals surface area (Å²) in [6.07, 6.45) is 16.7. The molecule has 0 unspecified atom stereocenters. The van der Waals surface area contributed by atoms with Gasteiger partial charge < -0.3 is 8.57 Å². The van der Waals surface area contributed by atoms with E-state index < -0.39 is 9.92 Å². The van der Waals surface area contributed by atoms with Gasteiger partial charge in [0.25, 0.3) is 0 Å². The number of nitrogens with zero attached hydrogens (tertiary/aromatic N) is 1. The smallest absolute Gasteiger partial charge is 0.375 e. The molecule has 140 valence electrons. The Kier molecular flexibility index (Phi) is 17.1. The highest BCUT2D eigenvalue weighted by molar-refractivity contribution is 6.17. The van der Waals surface area contributed by atoms with Crippen LogP contribution >= 0.6 is 0 Å². The predicted octanol–water partition coefficient (Wildman–Crippen LogP) is 5.58. The molecule has 0 atom stereocenters. The molecule has 0 aromatic rings. The third kappa shape index (κ3) is 13.1. The van der Waals surface area contributed by atoms with E-state index in [2.05, 4.69) is 27.7 Å². The average Bonchev–Trinajstić information content (AvgIpc) is 2.57. The molecule has 2 nitrogen and oxygen atoms in total. The Morgan fingerprint density at radius 3 is 1.26 bits per heavy atom. The van der Waals surface area contributed by atoms with Crippen molar-refractivity contribution >= 4 is 9.92 Å². The molecule has 0 radical (unpaired) electrons. The van der Waals surface area contributed by atoms with Crippen molar-refractivity contribution in [1.82, 2.24) is 0 Å². The quantitative estimate of drug-likeness (QED) is 0.233. The van der Waals surface area contributed by atoms with E-state index >= 15 is 0 Å². The lowest BCUT2D eigenvalue weighted by molar-refractivity contribution is -0.830. The van der Waals surface area contributed by atoms with Crippen molar-refractivity contribution in [2.75, 3.05) is 26.2 Å². The zero-order chi connectivity index (χ0) is 17.2. The molecule has 0 aliphatic heterocycles. The highest BCUT2D eigenvalue weighted by atomic mass is 28.2. The van der Waals surface area contributed by atoms with Gasteiger partial charge in [-0.15, -0.1) is 0 Å². The Morgan fingerprint density at radius 2 is 0.957 bits per heavy atom. The molecule has 0 saturated heterocycles. The molecular formula is C20H46NOSi+. The highest BCUT2D eigenvalue weighted by Crippen LogP contribution is 2.16. The minimum Gasteiger partial charge on any atom is -0.375 e. The van der Waals surface area contributed by atoms with Gasteiger partial charge in [-0.1, -0.05) is 59.3 Å². The first-order valence-corrected chi connectivity index (χ1v) is 11.9. The maximum atomic E-state index is 6.08. The SMILES string of the molecule is CCCCCC[N+](CCCCCC)(CCCCCC)[SiH2]OCC. The summed E-state index contributed by atoms with van der Waals surface area (Å²) in [5, 5.41) is 0. The normalized spacial score (nSPS) is 12.5. The number of rotatable bonds is 18. The lowest BCUT2D eigenvalue weighted by atomic mass is 10.1. The summed E-state index contributed by atoms with van der Waals surface area (Å²) < 4.78 is 7.45. The molecular weight excluding hydrogens is 298 g/mol. The van der Waals surface area contributed by atoms with Crippen molar-refractivity contribution in [3.8, 4) is 0 Å². The number of hydrogen-bond donors (Lipinski definition) is 0. The van der Waals surface area contributed by atoms with Gasteiger partial charge in [0.2, 0.25) is 0 Å². The predicted molar refractivity (Wildman–Crippen MR) is 107 cm³/mol. The van der Waals surface area contributed by atoms with Crippen LogP contribution in [0.4, 0.5) is 0 Å². The summed E-state index contributed by atoms with van der Waals surface area (Å²) in [6.45, 7) is 14.2. The van der Waals surface area contributed by atoms with Gasteiger partial charge >= 0.3 is 9.92 Å². The summed E-state index contributed by atoms with van der Waals surface area (Å²) >= 11 is 0. The molecule has 0 aliphatic rings. The molecule has 0 heterocycles. The van der Waals surface area contributed by atoms with E-state index in [-0.39, 0.29) is 0 Å². The number of hydrogen-bond acceptors (Lipinski definition) is 1. The van der Waals surface area contributed by atoms with E-state index in [1.54, 1.807) is 0 Å². The van der Waals surface area contributed by atoms with Crippen LogP contribution in [-0.2, 0) is 4.43 Å². The molecule has 0 aromatic heterocycles. The van der Waals surface area contributed by atoms with Gasteiger partial charge in [-0.2, -0.15) is 0 Å². The minimum atomic E-state index is -0.447. The zero-order valence-electron chi connectivity index (χ0n) is 16.9. The van der Waals surface area contributed by atoms with Crippen LogP contribution < -0.4 is 0 Å². The number of quaternary nitrogens is 1. The Hall–Kier alpha value is 0.137. The van der Waals surface area contributed by atoms with Crippen LogP contribution in [0.15, 0.2) is 0 Å². The van der Waals surface area contributed by atoms with Crippen LogP contribution in [0.5, 0.6) is 0 Å². The first-order chi connectivity index (χ1) is 11.2. The fourth-order valence-electron chi connectivity index (χ4n) is 3.44. The molecule has 3 heteroatoms. The number of unbranched alkanes of at least 4 members (excludes halogenated alkanes) is 9. The Morgan fingerprint density at radius 1 is 0.565 bits per heavy atom. The van der Waals surface area contributed by atoms with Gasteiger partial charge in [0, 0.05) is 6.61 Å². The van der Waals surface area contributed by atoms with Crippen molar-refractivity contribution in [3.05, 3.63) is 0 Å². The van der Waals surface area contributed by atoms with Crippen LogP contribution in [0, 0.1) is 0 Å². The summed E-state index contributed by atoms with van der Waals surface area (Å²) in [5.41, 5.74) is 0. The van der Waals surface area contributed by atoms with E-state index in [9.17, 15) is 0 Å². The van der Waals surface area contributed by atoms with E-state index in [0.717, 1.165) is 6.61 Å². The van der Waals surface area contributed by atoms with Gasteiger partial charge in [-0.25, -0.2) is 0 Å². The van der Waals surface area contributed by atoms with Crippen molar-refractivity contribution < 1.29 is 8.57 Å². The molecule has 23 heavy (non-hydrogen) atoms. The maximum absolute atomic E-state index is 6.08. The van der Waals surface area contributed by atoms with Crippen molar-refractivity contribution in [3.63, 3.8) is 0 Å². The van der Waals surface area contributed by atoms with Crippen molar-refractivity contribution in [2.24, 2.45) is 0 Å². The monoisotopic (exact) mass is 344 g/mol. The molecule has 0 spiro atoms. The third-order valence-corrected chi connectivity index (χ3v) is 7.11. The third-order valence-electron chi connectivity index (χ3n) is 5.03. The van der Waals surface area contributed by atoms with Crippen LogP contribution in [-0.4, -0.2) is 40.3 Å². The first kappa shape index (κ1) is 23.1. The van der Waals surface area contributed by atoms with E-state index in [1.807, 2.05) is 0 Å². The van der Waals surface area contributed by atoms with E-state index in [0.29, 0.717) is 0 Å². The molecule has 0 aliphatic carbocycles. The van der Waals surface area contributed by atoms with Gasteiger partial charge in [-0.3, -0.25) is 0 Å². The summed E-state index contributed by atoms with van der Waals surface area (Å²) in [6, 6.07) is 0. The fraction of sp³-hybridized carbons (Fsp3) is 1.00. The molecule has 0 N–H and O–H groups in total. The molecule has 0 bridgehead atoms. The Balaban J connectivity index is 4.51. The van der Waals surface area contributed by atoms with E-state index in [1.165, 1.54) is 101 Å². The minimum absolute atomic E-state index is 0.447. The van der Waals surface area contributed by atoms with Gasteiger partial charge in [0.15, 0.2) is 0 Å². The second kappa shape index (κ2) is 17.0. The second-order valence-electron chi connectivity index (χ2n) is 7.32. The Labute approximate surface area is 150 Å². The van der Waals surface area contributed by atoms with Gasteiger partial charge in [0.1, 0.15) is 0 Å².